The molecule has 0 bridgehead atoms. The Bertz CT molecular complexity index is 1300. The Balaban J connectivity index is 1.52. The Morgan fingerprint density at radius 3 is 2.41 bits per heavy atom. The first-order valence-corrected chi connectivity index (χ1v) is 12.0. The molecule has 1 saturated heterocycles. The van der Waals surface area contributed by atoms with Gasteiger partial charge in [-0.3, -0.25) is 4.90 Å². The molecule has 0 saturated carbocycles. The summed E-state index contributed by atoms with van der Waals surface area (Å²) in [5.74, 6) is -0.376. The normalized spacial score (nSPS) is 19.6. The van der Waals surface area contributed by atoms with E-state index in [2.05, 4.69) is 35.9 Å². The second-order valence-corrected chi connectivity index (χ2v) is 9.33. The van der Waals surface area contributed by atoms with Gasteiger partial charge in [0.15, 0.2) is 5.88 Å². The van der Waals surface area contributed by atoms with Crippen LogP contribution in [0.4, 0.5) is 10.1 Å². The van der Waals surface area contributed by atoms with Gasteiger partial charge in [-0.05, 0) is 62.6 Å². The summed E-state index contributed by atoms with van der Waals surface area (Å²) in [6.07, 6.45) is 3.82. The van der Waals surface area contributed by atoms with Crippen LogP contribution in [0.1, 0.15) is 49.8 Å². The first-order valence-electron chi connectivity index (χ1n) is 12.0. The predicted octanol–water partition coefficient (Wildman–Crippen LogP) is 6.94. The number of hydrogen-bond acceptors (Lipinski definition) is 3. The van der Waals surface area contributed by atoms with Crippen molar-refractivity contribution < 1.29 is 9.50 Å². The highest BCUT2D eigenvalue weighted by molar-refractivity contribution is 6.21. The number of likely N-dealkylation sites (tertiary alicyclic amines) is 1. The molecule has 4 nitrogen and oxygen atoms in total. The Morgan fingerprint density at radius 1 is 1.00 bits per heavy atom. The molecule has 5 rings (SSSR count). The lowest BCUT2D eigenvalue weighted by atomic mass is 9.96. The molecule has 1 fully saturated rings. The molecule has 2 unspecified atom stereocenters. The van der Waals surface area contributed by atoms with Crippen molar-refractivity contribution in [2.75, 3.05) is 0 Å². The van der Waals surface area contributed by atoms with E-state index in [4.69, 9.17) is 4.99 Å². The van der Waals surface area contributed by atoms with Crippen molar-refractivity contribution in [2.45, 2.75) is 51.7 Å². The van der Waals surface area contributed by atoms with E-state index in [0.717, 1.165) is 23.2 Å². The number of piperidine rings is 1. The number of aromatic amines is 1. The average Bonchev–Trinajstić information content (AvgIpc) is 3.16. The zero-order chi connectivity index (χ0) is 23.7. The fourth-order valence-electron chi connectivity index (χ4n) is 5.06. The summed E-state index contributed by atoms with van der Waals surface area (Å²) in [5.41, 5.74) is 4.70. The molecular formula is C29H30FN3O. The molecule has 2 atom stereocenters. The lowest BCUT2D eigenvalue weighted by Gasteiger charge is -2.39. The van der Waals surface area contributed by atoms with Gasteiger partial charge in [-0.25, -0.2) is 9.38 Å². The van der Waals surface area contributed by atoms with E-state index in [0.29, 0.717) is 28.9 Å². The van der Waals surface area contributed by atoms with E-state index in [-0.39, 0.29) is 11.7 Å². The molecule has 3 aromatic carbocycles. The molecule has 1 aliphatic heterocycles. The zero-order valence-electron chi connectivity index (χ0n) is 19.6. The number of fused-ring (bicyclic) bond motifs is 1. The van der Waals surface area contributed by atoms with Gasteiger partial charge in [-0.1, -0.05) is 48.9 Å². The second-order valence-electron chi connectivity index (χ2n) is 9.33. The van der Waals surface area contributed by atoms with Crippen LogP contribution in [0.15, 0.2) is 77.8 Å². The van der Waals surface area contributed by atoms with Gasteiger partial charge < -0.3 is 10.1 Å². The molecule has 4 aromatic rings. The lowest BCUT2D eigenvalue weighted by Crippen LogP contribution is -2.42. The fourth-order valence-corrected chi connectivity index (χ4v) is 5.06. The van der Waals surface area contributed by atoms with E-state index in [9.17, 15) is 9.50 Å². The standard InChI is InChI=1S/C29H30FN3O/c1-19-7-6-8-20(2)33(19)18-21-11-14-24(15-12-21)31-28(22-9-4-3-5-10-22)27-25-16-13-23(30)17-26(25)32-29(27)34/h3-5,9-17,19-20,32,34H,6-8,18H2,1-2H3. The molecule has 2 N–H and O–H groups in total. The van der Waals surface area contributed by atoms with Crippen molar-refractivity contribution >= 4 is 22.3 Å². The lowest BCUT2D eigenvalue weighted by molar-refractivity contribution is 0.0953. The highest BCUT2D eigenvalue weighted by Crippen LogP contribution is 2.32. The second kappa shape index (κ2) is 9.43. The van der Waals surface area contributed by atoms with Crippen LogP contribution in [-0.2, 0) is 6.54 Å². The predicted molar refractivity (Wildman–Crippen MR) is 136 cm³/mol. The number of aliphatic imine (C=N–C) groups is 1. The number of aromatic hydroxyl groups is 1. The summed E-state index contributed by atoms with van der Waals surface area (Å²) in [6.45, 7) is 5.58. The molecule has 2 heterocycles. The molecule has 0 radical (unpaired) electrons. The monoisotopic (exact) mass is 455 g/mol. The highest BCUT2D eigenvalue weighted by Gasteiger charge is 2.24. The Hall–Kier alpha value is -3.44. The molecule has 0 amide bonds. The van der Waals surface area contributed by atoms with Gasteiger partial charge >= 0.3 is 0 Å². The van der Waals surface area contributed by atoms with Crippen molar-refractivity contribution in [1.82, 2.24) is 9.88 Å². The van der Waals surface area contributed by atoms with Gasteiger partial charge in [0.1, 0.15) is 5.82 Å². The minimum Gasteiger partial charge on any atom is -0.494 e. The van der Waals surface area contributed by atoms with Crippen molar-refractivity contribution in [3.05, 3.63) is 95.3 Å². The summed E-state index contributed by atoms with van der Waals surface area (Å²) in [6, 6.07) is 23.8. The number of nitrogens with one attached hydrogen (secondary N) is 1. The fraction of sp³-hybridized carbons (Fsp3) is 0.276. The molecule has 1 aromatic heterocycles. The number of benzene rings is 3. The number of H-pyrrole nitrogens is 1. The number of aromatic nitrogens is 1. The van der Waals surface area contributed by atoms with Crippen LogP contribution in [-0.4, -0.2) is 32.8 Å². The summed E-state index contributed by atoms with van der Waals surface area (Å²) in [7, 11) is 0. The van der Waals surface area contributed by atoms with Gasteiger partial charge in [0.2, 0.25) is 0 Å². The largest absolute Gasteiger partial charge is 0.494 e. The van der Waals surface area contributed by atoms with Crippen molar-refractivity contribution in [2.24, 2.45) is 4.99 Å². The van der Waals surface area contributed by atoms with Gasteiger partial charge in [0.05, 0.1) is 22.5 Å². The van der Waals surface area contributed by atoms with Gasteiger partial charge in [0.25, 0.3) is 0 Å². The van der Waals surface area contributed by atoms with E-state index in [1.165, 1.54) is 37.0 Å². The Morgan fingerprint density at radius 2 is 1.71 bits per heavy atom. The van der Waals surface area contributed by atoms with Gasteiger partial charge in [0, 0.05) is 29.6 Å². The van der Waals surface area contributed by atoms with Crippen LogP contribution in [0.3, 0.4) is 0 Å². The minimum absolute atomic E-state index is 0.0205. The summed E-state index contributed by atoms with van der Waals surface area (Å²) in [5, 5.41) is 11.5. The molecule has 34 heavy (non-hydrogen) atoms. The first kappa shape index (κ1) is 22.4. The third-order valence-electron chi connectivity index (χ3n) is 6.94. The van der Waals surface area contributed by atoms with Crippen LogP contribution >= 0.6 is 0 Å². The van der Waals surface area contributed by atoms with E-state index < -0.39 is 0 Å². The van der Waals surface area contributed by atoms with Crippen molar-refractivity contribution in [1.29, 1.82) is 0 Å². The van der Waals surface area contributed by atoms with Gasteiger partial charge in [-0.2, -0.15) is 0 Å². The summed E-state index contributed by atoms with van der Waals surface area (Å²) < 4.78 is 13.8. The number of hydrogen-bond donors (Lipinski definition) is 2. The maximum absolute atomic E-state index is 13.8. The van der Waals surface area contributed by atoms with Crippen LogP contribution in [0.2, 0.25) is 0 Å². The van der Waals surface area contributed by atoms with E-state index >= 15 is 0 Å². The quantitative estimate of drug-likeness (QED) is 0.320. The first-order chi connectivity index (χ1) is 16.5. The smallest absolute Gasteiger partial charge is 0.199 e. The minimum atomic E-state index is -0.355. The van der Waals surface area contributed by atoms with Crippen LogP contribution in [0, 0.1) is 5.82 Å². The summed E-state index contributed by atoms with van der Waals surface area (Å²) >= 11 is 0. The molecule has 0 spiro atoms. The maximum Gasteiger partial charge on any atom is 0.199 e. The van der Waals surface area contributed by atoms with E-state index in [1.807, 2.05) is 42.5 Å². The average molecular weight is 456 g/mol. The van der Waals surface area contributed by atoms with Gasteiger partial charge in [-0.15, -0.1) is 0 Å². The van der Waals surface area contributed by atoms with Crippen LogP contribution < -0.4 is 0 Å². The topological polar surface area (TPSA) is 51.6 Å². The van der Waals surface area contributed by atoms with Crippen LogP contribution in [0.5, 0.6) is 5.88 Å². The number of halogens is 1. The molecular weight excluding hydrogens is 425 g/mol. The number of rotatable bonds is 5. The highest BCUT2D eigenvalue weighted by atomic mass is 19.1. The van der Waals surface area contributed by atoms with Crippen molar-refractivity contribution in [3.63, 3.8) is 0 Å². The Kier molecular flexibility index (Phi) is 6.20. The van der Waals surface area contributed by atoms with Crippen molar-refractivity contribution in [3.8, 4) is 5.88 Å². The third-order valence-corrected chi connectivity index (χ3v) is 6.94. The van der Waals surface area contributed by atoms with Crippen LogP contribution in [0.25, 0.3) is 10.9 Å². The molecule has 174 valence electrons. The SMILES string of the molecule is CC1CCCC(C)N1Cc1ccc(N=C(c2ccccc2)c2c(O)[nH]c3cc(F)ccc23)cc1. The molecule has 0 aliphatic carbocycles. The third kappa shape index (κ3) is 4.48. The molecule has 1 aliphatic rings. The zero-order valence-corrected chi connectivity index (χ0v) is 19.6. The summed E-state index contributed by atoms with van der Waals surface area (Å²) in [4.78, 5) is 10.4. The number of nitrogens with zero attached hydrogens (tertiary/aromatic N) is 2. The van der Waals surface area contributed by atoms with E-state index in [1.54, 1.807) is 6.07 Å². The molecule has 5 heteroatoms. The Labute approximate surface area is 199 Å². The maximum atomic E-state index is 13.8.